The molecular formula is C22H31N3O2. The SMILES string of the molecule is Cc1cc2nc(NC(C)C)c3c(c2cc1OCCCN1CCCC1)COC3. The quantitative estimate of drug-likeness (QED) is 0.739. The molecule has 4 rings (SSSR count). The summed E-state index contributed by atoms with van der Waals surface area (Å²) in [6, 6.07) is 4.66. The summed E-state index contributed by atoms with van der Waals surface area (Å²) in [5.74, 6) is 1.94. The molecule has 5 heteroatoms. The predicted molar refractivity (Wildman–Crippen MR) is 110 cm³/mol. The summed E-state index contributed by atoms with van der Waals surface area (Å²) in [6.45, 7) is 12.1. The third-order valence-corrected chi connectivity index (χ3v) is 5.49. The van der Waals surface area contributed by atoms with Crippen LogP contribution in [0.25, 0.3) is 10.9 Å². The van der Waals surface area contributed by atoms with E-state index in [0.717, 1.165) is 47.6 Å². The Bertz CT molecular complexity index is 813. The van der Waals surface area contributed by atoms with Crippen molar-refractivity contribution < 1.29 is 9.47 Å². The minimum absolute atomic E-state index is 0.346. The molecule has 0 bridgehead atoms. The lowest BCUT2D eigenvalue weighted by molar-refractivity contribution is 0.135. The molecule has 0 unspecified atom stereocenters. The van der Waals surface area contributed by atoms with Gasteiger partial charge in [-0.3, -0.25) is 0 Å². The minimum atomic E-state index is 0.346. The van der Waals surface area contributed by atoms with Gasteiger partial charge in [0, 0.05) is 23.5 Å². The van der Waals surface area contributed by atoms with Gasteiger partial charge in [-0.25, -0.2) is 4.98 Å². The van der Waals surface area contributed by atoms with E-state index >= 15 is 0 Å². The summed E-state index contributed by atoms with van der Waals surface area (Å²) in [5, 5.41) is 4.64. The second-order valence-corrected chi connectivity index (χ2v) is 8.09. The highest BCUT2D eigenvalue weighted by Gasteiger charge is 2.22. The molecule has 2 aliphatic rings. The molecule has 0 saturated carbocycles. The van der Waals surface area contributed by atoms with Gasteiger partial charge >= 0.3 is 0 Å². The number of nitrogens with one attached hydrogen (secondary N) is 1. The number of pyridine rings is 1. The second-order valence-electron chi connectivity index (χ2n) is 8.09. The molecule has 0 radical (unpaired) electrons. The molecule has 1 saturated heterocycles. The monoisotopic (exact) mass is 369 g/mol. The molecule has 146 valence electrons. The maximum atomic E-state index is 6.15. The van der Waals surface area contributed by atoms with Crippen molar-refractivity contribution in [3.63, 3.8) is 0 Å². The zero-order chi connectivity index (χ0) is 18.8. The number of rotatable bonds is 7. The summed E-state index contributed by atoms with van der Waals surface area (Å²) in [6.07, 6.45) is 3.77. The van der Waals surface area contributed by atoms with Gasteiger partial charge in [-0.1, -0.05) is 0 Å². The summed E-state index contributed by atoms with van der Waals surface area (Å²) in [7, 11) is 0. The highest BCUT2D eigenvalue weighted by molar-refractivity contribution is 5.88. The van der Waals surface area contributed by atoms with Crippen LogP contribution in [-0.4, -0.2) is 42.2 Å². The van der Waals surface area contributed by atoms with Crippen molar-refractivity contribution in [3.8, 4) is 5.75 Å². The molecule has 1 aromatic carbocycles. The fourth-order valence-corrected chi connectivity index (χ4v) is 4.10. The Morgan fingerprint density at radius 3 is 2.74 bits per heavy atom. The first-order valence-corrected chi connectivity index (χ1v) is 10.3. The van der Waals surface area contributed by atoms with Gasteiger partial charge in [0.1, 0.15) is 11.6 Å². The molecular weight excluding hydrogens is 338 g/mol. The topological polar surface area (TPSA) is 46.6 Å². The largest absolute Gasteiger partial charge is 0.493 e. The lowest BCUT2D eigenvalue weighted by atomic mass is 10.0. The summed E-state index contributed by atoms with van der Waals surface area (Å²) in [5.41, 5.74) is 4.61. The van der Waals surface area contributed by atoms with E-state index in [0.29, 0.717) is 19.3 Å². The molecule has 2 aliphatic heterocycles. The second kappa shape index (κ2) is 8.03. The molecule has 0 aliphatic carbocycles. The number of aromatic nitrogens is 1. The Morgan fingerprint density at radius 2 is 1.96 bits per heavy atom. The molecule has 1 aromatic heterocycles. The fourth-order valence-electron chi connectivity index (χ4n) is 4.10. The van der Waals surface area contributed by atoms with Crippen LogP contribution in [0.2, 0.25) is 0 Å². The van der Waals surface area contributed by atoms with Gasteiger partial charge in [-0.05, 0) is 76.4 Å². The average Bonchev–Trinajstić information content (AvgIpc) is 3.31. The number of anilines is 1. The zero-order valence-corrected chi connectivity index (χ0v) is 16.8. The molecule has 0 spiro atoms. The van der Waals surface area contributed by atoms with Crippen molar-refractivity contribution in [2.24, 2.45) is 0 Å². The highest BCUT2D eigenvalue weighted by Crippen LogP contribution is 2.35. The van der Waals surface area contributed by atoms with E-state index in [1.807, 2.05) is 0 Å². The Labute approximate surface area is 162 Å². The van der Waals surface area contributed by atoms with Gasteiger partial charge in [0.2, 0.25) is 0 Å². The smallest absolute Gasteiger partial charge is 0.132 e. The van der Waals surface area contributed by atoms with Crippen molar-refractivity contribution >= 4 is 16.7 Å². The van der Waals surface area contributed by atoms with Crippen molar-refractivity contribution in [2.45, 2.75) is 59.3 Å². The van der Waals surface area contributed by atoms with Crippen LogP contribution < -0.4 is 10.1 Å². The van der Waals surface area contributed by atoms with Crippen molar-refractivity contribution in [3.05, 3.63) is 28.8 Å². The van der Waals surface area contributed by atoms with E-state index in [2.05, 4.69) is 43.1 Å². The number of fused-ring (bicyclic) bond motifs is 3. The lowest BCUT2D eigenvalue weighted by Crippen LogP contribution is -2.22. The summed E-state index contributed by atoms with van der Waals surface area (Å²) >= 11 is 0. The van der Waals surface area contributed by atoms with Gasteiger partial charge in [-0.15, -0.1) is 0 Å². The van der Waals surface area contributed by atoms with E-state index in [1.165, 1.54) is 37.1 Å². The molecule has 0 amide bonds. The van der Waals surface area contributed by atoms with Crippen LogP contribution in [0.4, 0.5) is 5.82 Å². The molecule has 1 N–H and O–H groups in total. The first-order valence-electron chi connectivity index (χ1n) is 10.3. The first-order chi connectivity index (χ1) is 13.1. The van der Waals surface area contributed by atoms with E-state index in [9.17, 15) is 0 Å². The number of likely N-dealkylation sites (tertiary alicyclic amines) is 1. The van der Waals surface area contributed by atoms with E-state index in [-0.39, 0.29) is 0 Å². The molecule has 5 nitrogen and oxygen atoms in total. The number of benzene rings is 1. The van der Waals surface area contributed by atoms with Gasteiger partial charge in [0.25, 0.3) is 0 Å². The first kappa shape index (κ1) is 18.5. The summed E-state index contributed by atoms with van der Waals surface area (Å²) in [4.78, 5) is 7.42. The highest BCUT2D eigenvalue weighted by atomic mass is 16.5. The van der Waals surface area contributed by atoms with Crippen LogP contribution in [0, 0.1) is 6.92 Å². The van der Waals surface area contributed by atoms with Gasteiger partial charge in [0.15, 0.2) is 0 Å². The van der Waals surface area contributed by atoms with Crippen LogP contribution in [0.3, 0.4) is 0 Å². The number of aryl methyl sites for hydroxylation is 1. The van der Waals surface area contributed by atoms with Crippen LogP contribution in [0.5, 0.6) is 5.75 Å². The van der Waals surface area contributed by atoms with Crippen LogP contribution in [0.15, 0.2) is 12.1 Å². The van der Waals surface area contributed by atoms with Gasteiger partial charge in [-0.2, -0.15) is 0 Å². The van der Waals surface area contributed by atoms with E-state index in [4.69, 9.17) is 14.5 Å². The van der Waals surface area contributed by atoms with Crippen molar-refractivity contribution in [1.82, 2.24) is 9.88 Å². The standard InChI is InChI=1S/C22H31N3O2/c1-15(2)23-22-19-14-26-13-18(19)17-12-21(16(3)11-20(17)24-22)27-10-6-9-25-7-4-5-8-25/h11-12,15H,4-10,13-14H2,1-3H3,(H,23,24). The van der Waals surface area contributed by atoms with Crippen LogP contribution >= 0.6 is 0 Å². The number of ether oxygens (including phenoxy) is 2. The molecule has 1 fully saturated rings. The minimum Gasteiger partial charge on any atom is -0.493 e. The van der Waals surface area contributed by atoms with E-state index < -0.39 is 0 Å². The molecule has 27 heavy (non-hydrogen) atoms. The Kier molecular flexibility index (Phi) is 5.50. The number of nitrogens with zero attached hydrogens (tertiary/aromatic N) is 2. The van der Waals surface area contributed by atoms with Crippen LogP contribution in [0.1, 0.15) is 49.8 Å². The third-order valence-electron chi connectivity index (χ3n) is 5.49. The maximum absolute atomic E-state index is 6.15. The third kappa shape index (κ3) is 4.04. The average molecular weight is 370 g/mol. The number of hydrogen-bond acceptors (Lipinski definition) is 5. The van der Waals surface area contributed by atoms with E-state index in [1.54, 1.807) is 0 Å². The predicted octanol–water partition coefficient (Wildman–Crippen LogP) is 4.26. The maximum Gasteiger partial charge on any atom is 0.132 e. The normalized spacial score (nSPS) is 17.0. The Morgan fingerprint density at radius 1 is 1.19 bits per heavy atom. The Balaban J connectivity index is 1.53. The molecule has 2 aromatic rings. The fraction of sp³-hybridized carbons (Fsp3) is 0.591. The van der Waals surface area contributed by atoms with Crippen molar-refractivity contribution in [1.29, 1.82) is 0 Å². The van der Waals surface area contributed by atoms with Gasteiger partial charge in [0.05, 0.1) is 25.3 Å². The Hall–Kier alpha value is -1.85. The molecule has 3 heterocycles. The van der Waals surface area contributed by atoms with Crippen LogP contribution in [-0.2, 0) is 18.0 Å². The molecule has 0 atom stereocenters. The van der Waals surface area contributed by atoms with Crippen molar-refractivity contribution in [2.75, 3.05) is 31.6 Å². The zero-order valence-electron chi connectivity index (χ0n) is 16.8. The summed E-state index contributed by atoms with van der Waals surface area (Å²) < 4.78 is 11.9. The van der Waals surface area contributed by atoms with Gasteiger partial charge < -0.3 is 19.7 Å². The number of hydrogen-bond donors (Lipinski definition) is 1. The lowest BCUT2D eigenvalue weighted by Gasteiger charge is -2.17.